The third-order valence-electron chi connectivity index (χ3n) is 3.31. The van der Waals surface area contributed by atoms with Gasteiger partial charge in [0.25, 0.3) is 0 Å². The molecule has 1 fully saturated rings. The van der Waals surface area contributed by atoms with E-state index in [-0.39, 0.29) is 12.5 Å². The molecular formula is C12H22N2O4. The molecule has 0 radical (unpaired) electrons. The van der Waals surface area contributed by atoms with E-state index < -0.39 is 17.8 Å². The summed E-state index contributed by atoms with van der Waals surface area (Å²) in [5.74, 6) is -1.96. The van der Waals surface area contributed by atoms with Gasteiger partial charge in [0.15, 0.2) is 0 Å². The fourth-order valence-corrected chi connectivity index (χ4v) is 2.35. The molecule has 1 saturated carbocycles. The molecule has 6 nitrogen and oxygen atoms in total. The van der Waals surface area contributed by atoms with E-state index >= 15 is 0 Å². The Morgan fingerprint density at radius 2 is 1.72 bits per heavy atom. The Labute approximate surface area is 107 Å². The summed E-state index contributed by atoms with van der Waals surface area (Å²) < 4.78 is 0. The lowest BCUT2D eigenvalue weighted by Crippen LogP contribution is -2.42. The maximum Gasteiger partial charge on any atom is 0.307 e. The molecule has 1 aliphatic rings. The van der Waals surface area contributed by atoms with Crippen molar-refractivity contribution in [2.75, 3.05) is 26.2 Å². The molecule has 0 bridgehead atoms. The Hall–Kier alpha value is -1.14. The molecule has 2 atom stereocenters. The smallest absolute Gasteiger partial charge is 0.307 e. The summed E-state index contributed by atoms with van der Waals surface area (Å²) >= 11 is 0. The topological polar surface area (TPSA) is 98.7 Å². The van der Waals surface area contributed by atoms with E-state index in [1.165, 1.54) is 0 Å². The van der Waals surface area contributed by atoms with Crippen LogP contribution in [0.25, 0.3) is 0 Å². The lowest BCUT2D eigenvalue weighted by atomic mass is 9.79. The summed E-state index contributed by atoms with van der Waals surface area (Å²) in [7, 11) is 0. The maximum atomic E-state index is 11.9. The molecule has 0 aromatic rings. The fraction of sp³-hybridized carbons (Fsp3) is 0.833. The second-order valence-corrected chi connectivity index (χ2v) is 4.60. The van der Waals surface area contributed by atoms with Crippen molar-refractivity contribution in [1.29, 1.82) is 0 Å². The number of aliphatic carboxylic acids is 1. The van der Waals surface area contributed by atoms with Gasteiger partial charge in [0.2, 0.25) is 5.91 Å². The van der Waals surface area contributed by atoms with E-state index in [0.29, 0.717) is 32.5 Å². The number of hydrogen-bond donors (Lipinski definition) is 4. The zero-order valence-corrected chi connectivity index (χ0v) is 10.5. The minimum atomic E-state index is -0.867. The molecule has 0 heterocycles. The minimum Gasteiger partial charge on any atom is -0.481 e. The average Bonchev–Trinajstić information content (AvgIpc) is 2.38. The largest absolute Gasteiger partial charge is 0.481 e. The number of nitrogens with one attached hydrogen (secondary N) is 2. The van der Waals surface area contributed by atoms with Gasteiger partial charge in [0.05, 0.1) is 18.4 Å². The fourth-order valence-electron chi connectivity index (χ4n) is 2.35. The van der Waals surface area contributed by atoms with Gasteiger partial charge in [-0.15, -0.1) is 0 Å². The number of carbonyl (C=O) groups excluding carboxylic acids is 1. The summed E-state index contributed by atoms with van der Waals surface area (Å²) in [4.78, 5) is 23.0. The number of hydrogen-bond acceptors (Lipinski definition) is 4. The summed E-state index contributed by atoms with van der Waals surface area (Å²) in [6.07, 6.45) is 3.06. The first-order valence-corrected chi connectivity index (χ1v) is 6.49. The molecule has 6 heteroatoms. The van der Waals surface area contributed by atoms with E-state index in [0.717, 1.165) is 12.8 Å². The number of carbonyl (C=O) groups is 2. The van der Waals surface area contributed by atoms with Crippen LogP contribution in [0.5, 0.6) is 0 Å². The molecule has 0 aromatic heterocycles. The molecule has 1 rings (SSSR count). The Balaban J connectivity index is 2.32. The zero-order chi connectivity index (χ0) is 13.4. The van der Waals surface area contributed by atoms with Crippen molar-refractivity contribution in [3.63, 3.8) is 0 Å². The van der Waals surface area contributed by atoms with Crippen molar-refractivity contribution in [3.05, 3.63) is 0 Å². The highest BCUT2D eigenvalue weighted by Crippen LogP contribution is 2.30. The van der Waals surface area contributed by atoms with Crippen LogP contribution in [0.4, 0.5) is 0 Å². The van der Waals surface area contributed by atoms with Gasteiger partial charge in [-0.3, -0.25) is 9.59 Å². The third-order valence-corrected chi connectivity index (χ3v) is 3.31. The van der Waals surface area contributed by atoms with E-state index in [1.807, 2.05) is 0 Å². The first-order chi connectivity index (χ1) is 8.66. The van der Waals surface area contributed by atoms with Crippen molar-refractivity contribution in [2.24, 2.45) is 11.8 Å². The maximum absolute atomic E-state index is 11.9. The van der Waals surface area contributed by atoms with Crippen molar-refractivity contribution >= 4 is 11.9 Å². The van der Waals surface area contributed by atoms with Crippen molar-refractivity contribution < 1.29 is 19.8 Å². The molecule has 1 amide bonds. The highest BCUT2D eigenvalue weighted by atomic mass is 16.4. The van der Waals surface area contributed by atoms with Gasteiger partial charge in [0.1, 0.15) is 0 Å². The lowest BCUT2D eigenvalue weighted by molar-refractivity contribution is -0.148. The Morgan fingerprint density at radius 3 is 2.33 bits per heavy atom. The van der Waals surface area contributed by atoms with E-state index in [4.69, 9.17) is 10.2 Å². The molecule has 18 heavy (non-hydrogen) atoms. The van der Waals surface area contributed by atoms with Crippen LogP contribution in [0.2, 0.25) is 0 Å². The molecule has 0 aromatic carbocycles. The number of aliphatic hydroxyl groups is 1. The van der Waals surface area contributed by atoms with E-state index in [9.17, 15) is 9.59 Å². The second-order valence-electron chi connectivity index (χ2n) is 4.60. The van der Waals surface area contributed by atoms with Crippen molar-refractivity contribution in [3.8, 4) is 0 Å². The number of carboxylic acid groups (broad SMARTS) is 1. The highest BCUT2D eigenvalue weighted by Gasteiger charge is 2.35. The Kier molecular flexibility index (Phi) is 6.67. The molecule has 0 saturated heterocycles. The van der Waals surface area contributed by atoms with Gasteiger partial charge >= 0.3 is 5.97 Å². The first kappa shape index (κ1) is 14.9. The number of carboxylic acids is 1. The van der Waals surface area contributed by atoms with Crippen LogP contribution in [0.15, 0.2) is 0 Å². The predicted octanol–water partition coefficient (Wildman–Crippen LogP) is -0.424. The van der Waals surface area contributed by atoms with Crippen LogP contribution in [0.3, 0.4) is 0 Å². The SMILES string of the molecule is O=C(O)C1CCCCC1C(=O)NCCNCCO. The average molecular weight is 258 g/mol. The van der Waals surface area contributed by atoms with Crippen LogP contribution in [0.1, 0.15) is 25.7 Å². The standard InChI is InChI=1S/C12H22N2O4/c15-8-7-13-5-6-14-11(16)9-3-1-2-4-10(9)12(17)18/h9-10,13,15H,1-8H2,(H,14,16)(H,17,18). The van der Waals surface area contributed by atoms with Crippen LogP contribution in [0, 0.1) is 11.8 Å². The monoisotopic (exact) mass is 258 g/mol. The molecule has 0 aliphatic heterocycles. The molecular weight excluding hydrogens is 236 g/mol. The summed E-state index contributed by atoms with van der Waals surface area (Å²) in [5.41, 5.74) is 0. The van der Waals surface area contributed by atoms with E-state index in [2.05, 4.69) is 10.6 Å². The molecule has 1 aliphatic carbocycles. The first-order valence-electron chi connectivity index (χ1n) is 6.49. The number of aliphatic hydroxyl groups excluding tert-OH is 1. The summed E-state index contributed by atoms with van der Waals surface area (Å²) in [6, 6.07) is 0. The van der Waals surface area contributed by atoms with Gasteiger partial charge < -0.3 is 20.8 Å². The third kappa shape index (κ3) is 4.62. The number of rotatable bonds is 7. The Bertz CT molecular complexity index is 283. The lowest BCUT2D eigenvalue weighted by Gasteiger charge is -2.27. The van der Waals surface area contributed by atoms with Crippen molar-refractivity contribution in [1.82, 2.24) is 10.6 Å². The van der Waals surface area contributed by atoms with Crippen molar-refractivity contribution in [2.45, 2.75) is 25.7 Å². The van der Waals surface area contributed by atoms with Crippen LogP contribution in [-0.2, 0) is 9.59 Å². The van der Waals surface area contributed by atoms with Gasteiger partial charge in [-0.25, -0.2) is 0 Å². The Morgan fingerprint density at radius 1 is 1.06 bits per heavy atom. The molecule has 104 valence electrons. The van der Waals surface area contributed by atoms with Crippen LogP contribution >= 0.6 is 0 Å². The van der Waals surface area contributed by atoms with Crippen LogP contribution in [-0.4, -0.2) is 48.3 Å². The predicted molar refractivity (Wildman–Crippen MR) is 66.0 cm³/mol. The van der Waals surface area contributed by atoms with Gasteiger partial charge in [-0.05, 0) is 12.8 Å². The van der Waals surface area contributed by atoms with Gasteiger partial charge in [0, 0.05) is 19.6 Å². The molecule has 2 unspecified atom stereocenters. The number of amides is 1. The van der Waals surface area contributed by atoms with Gasteiger partial charge in [-0.1, -0.05) is 12.8 Å². The highest BCUT2D eigenvalue weighted by molar-refractivity contribution is 5.84. The van der Waals surface area contributed by atoms with E-state index in [1.54, 1.807) is 0 Å². The summed E-state index contributed by atoms with van der Waals surface area (Å²) in [5, 5.41) is 23.3. The normalized spacial score (nSPS) is 23.6. The molecule has 4 N–H and O–H groups in total. The van der Waals surface area contributed by atoms with Crippen LogP contribution < -0.4 is 10.6 Å². The zero-order valence-electron chi connectivity index (χ0n) is 10.5. The minimum absolute atomic E-state index is 0.0671. The second kappa shape index (κ2) is 8.05. The quantitative estimate of drug-likeness (QED) is 0.465. The summed E-state index contributed by atoms with van der Waals surface area (Å²) in [6.45, 7) is 1.60. The molecule has 0 spiro atoms. The van der Waals surface area contributed by atoms with Gasteiger partial charge in [-0.2, -0.15) is 0 Å².